The molecular formula is C17H20FN5O2. The van der Waals surface area contributed by atoms with Crippen LogP contribution in [0.2, 0.25) is 0 Å². The molecule has 0 atom stereocenters. The van der Waals surface area contributed by atoms with Gasteiger partial charge in [-0.25, -0.2) is 4.39 Å². The van der Waals surface area contributed by atoms with Crippen LogP contribution in [0.5, 0.6) is 5.75 Å². The van der Waals surface area contributed by atoms with Crippen LogP contribution >= 0.6 is 0 Å². The summed E-state index contributed by atoms with van der Waals surface area (Å²) in [6.07, 6.45) is 0. The quantitative estimate of drug-likeness (QED) is 0.901. The van der Waals surface area contributed by atoms with Crippen molar-refractivity contribution in [2.75, 3.05) is 50.1 Å². The summed E-state index contributed by atoms with van der Waals surface area (Å²) in [7, 11) is 3.10. The number of hydrogen-bond acceptors (Lipinski definition) is 6. The van der Waals surface area contributed by atoms with Crippen molar-refractivity contribution in [3.05, 3.63) is 41.8 Å². The number of amides is 1. The predicted molar refractivity (Wildman–Crippen MR) is 92.8 cm³/mol. The number of halogens is 1. The van der Waals surface area contributed by atoms with Crippen molar-refractivity contribution in [3.8, 4) is 5.75 Å². The van der Waals surface area contributed by atoms with Crippen molar-refractivity contribution in [3.63, 3.8) is 0 Å². The average Bonchev–Trinajstić information content (AvgIpc) is 2.67. The van der Waals surface area contributed by atoms with Gasteiger partial charge in [0.2, 0.25) is 0 Å². The van der Waals surface area contributed by atoms with E-state index in [9.17, 15) is 9.18 Å². The van der Waals surface area contributed by atoms with E-state index in [1.807, 2.05) is 0 Å². The Bertz CT molecular complexity index is 745. The molecule has 7 nitrogen and oxygen atoms in total. The molecule has 1 fully saturated rings. The molecule has 1 aromatic carbocycles. The number of carbonyl (C=O) groups excluding carboxylic acids is 1. The van der Waals surface area contributed by atoms with Crippen LogP contribution in [0.15, 0.2) is 30.3 Å². The predicted octanol–water partition coefficient (Wildman–Crippen LogP) is 1.31. The van der Waals surface area contributed by atoms with Gasteiger partial charge in [-0.3, -0.25) is 4.79 Å². The van der Waals surface area contributed by atoms with E-state index in [1.54, 1.807) is 25.2 Å². The molecule has 1 saturated heterocycles. The third-order valence-corrected chi connectivity index (χ3v) is 4.20. The molecule has 3 rings (SSSR count). The molecule has 1 aromatic heterocycles. The fraction of sp³-hybridized carbons (Fsp3) is 0.353. The first-order valence-electron chi connectivity index (χ1n) is 8.01. The van der Waals surface area contributed by atoms with E-state index in [0.717, 1.165) is 37.7 Å². The van der Waals surface area contributed by atoms with Gasteiger partial charge in [-0.05, 0) is 24.3 Å². The summed E-state index contributed by atoms with van der Waals surface area (Å²) in [5, 5.41) is 10.6. The monoisotopic (exact) mass is 345 g/mol. The van der Waals surface area contributed by atoms with E-state index in [2.05, 4.69) is 25.3 Å². The number of benzene rings is 1. The number of nitrogens with zero attached hydrogens (tertiary/aromatic N) is 4. The van der Waals surface area contributed by atoms with Crippen LogP contribution < -0.4 is 19.9 Å². The van der Waals surface area contributed by atoms with E-state index in [4.69, 9.17) is 4.74 Å². The zero-order chi connectivity index (χ0) is 17.8. The van der Waals surface area contributed by atoms with Gasteiger partial charge < -0.3 is 19.9 Å². The Morgan fingerprint density at radius 1 is 1.12 bits per heavy atom. The van der Waals surface area contributed by atoms with Crippen LogP contribution in [0.4, 0.5) is 15.9 Å². The molecule has 2 heterocycles. The standard InChI is InChI=1S/C17H20FN5O2/c1-19-17(24)13-4-6-16(21-20-13)23-9-7-22(8-10-23)14-5-3-12(18)11-15(14)25-2/h3-6,11H,7-10H2,1-2H3,(H,19,24). The number of piperazine rings is 1. The van der Waals surface area contributed by atoms with Gasteiger partial charge in [-0.1, -0.05) is 0 Å². The van der Waals surface area contributed by atoms with E-state index >= 15 is 0 Å². The average molecular weight is 345 g/mol. The summed E-state index contributed by atoms with van der Waals surface area (Å²) in [6.45, 7) is 2.99. The van der Waals surface area contributed by atoms with Crippen LogP contribution in [-0.2, 0) is 0 Å². The minimum Gasteiger partial charge on any atom is -0.494 e. The Hall–Kier alpha value is -2.90. The van der Waals surface area contributed by atoms with Crippen LogP contribution in [0, 0.1) is 5.82 Å². The van der Waals surface area contributed by atoms with Gasteiger partial charge >= 0.3 is 0 Å². The molecule has 0 spiro atoms. The van der Waals surface area contributed by atoms with Crippen LogP contribution in [0.25, 0.3) is 0 Å². The Balaban J connectivity index is 1.67. The van der Waals surface area contributed by atoms with Crippen LogP contribution in [-0.4, -0.2) is 56.4 Å². The molecule has 8 heteroatoms. The molecule has 0 saturated carbocycles. The fourth-order valence-electron chi connectivity index (χ4n) is 2.83. The third kappa shape index (κ3) is 3.62. The molecule has 25 heavy (non-hydrogen) atoms. The van der Waals surface area contributed by atoms with Gasteiger partial charge in [-0.2, -0.15) is 0 Å². The lowest BCUT2D eigenvalue weighted by Gasteiger charge is -2.37. The van der Waals surface area contributed by atoms with Crippen molar-refractivity contribution in [2.24, 2.45) is 0 Å². The maximum Gasteiger partial charge on any atom is 0.271 e. The lowest BCUT2D eigenvalue weighted by molar-refractivity contribution is 0.0957. The second kappa shape index (κ2) is 7.33. The van der Waals surface area contributed by atoms with Crippen LogP contribution in [0.1, 0.15) is 10.5 Å². The Morgan fingerprint density at radius 3 is 2.44 bits per heavy atom. The van der Waals surface area contributed by atoms with E-state index in [1.165, 1.54) is 19.2 Å². The molecule has 0 unspecified atom stereocenters. The zero-order valence-electron chi connectivity index (χ0n) is 14.2. The molecule has 1 aliphatic rings. The van der Waals surface area contributed by atoms with Crippen molar-refractivity contribution >= 4 is 17.4 Å². The van der Waals surface area contributed by atoms with Crippen molar-refractivity contribution in [1.82, 2.24) is 15.5 Å². The summed E-state index contributed by atoms with van der Waals surface area (Å²) in [4.78, 5) is 15.8. The lowest BCUT2D eigenvalue weighted by Crippen LogP contribution is -2.47. The van der Waals surface area contributed by atoms with Gasteiger partial charge in [-0.15, -0.1) is 10.2 Å². The summed E-state index contributed by atoms with van der Waals surface area (Å²) < 4.78 is 18.6. The molecule has 1 aliphatic heterocycles. The molecule has 2 aromatic rings. The van der Waals surface area contributed by atoms with Crippen LogP contribution in [0.3, 0.4) is 0 Å². The fourth-order valence-corrected chi connectivity index (χ4v) is 2.83. The molecule has 1 amide bonds. The normalized spacial score (nSPS) is 14.4. The first kappa shape index (κ1) is 16.9. The molecule has 1 N–H and O–H groups in total. The minimum absolute atomic E-state index is 0.257. The number of carbonyl (C=O) groups is 1. The zero-order valence-corrected chi connectivity index (χ0v) is 14.2. The third-order valence-electron chi connectivity index (χ3n) is 4.20. The number of aromatic nitrogens is 2. The number of nitrogens with one attached hydrogen (secondary N) is 1. The Labute approximate surface area is 145 Å². The SMILES string of the molecule is CNC(=O)c1ccc(N2CCN(c3ccc(F)cc3OC)CC2)nn1. The largest absolute Gasteiger partial charge is 0.494 e. The maximum atomic E-state index is 13.3. The number of rotatable bonds is 4. The highest BCUT2D eigenvalue weighted by Crippen LogP contribution is 2.30. The number of hydrogen-bond donors (Lipinski definition) is 1. The second-order valence-corrected chi connectivity index (χ2v) is 5.65. The molecular weight excluding hydrogens is 325 g/mol. The summed E-state index contributed by atoms with van der Waals surface area (Å²) in [5.41, 5.74) is 1.17. The Kier molecular flexibility index (Phi) is 4.97. The number of ether oxygens (including phenoxy) is 1. The van der Waals surface area contributed by atoms with Gasteiger partial charge in [0.15, 0.2) is 11.5 Å². The van der Waals surface area contributed by atoms with E-state index in [-0.39, 0.29) is 11.7 Å². The summed E-state index contributed by atoms with van der Waals surface area (Å²) in [6, 6.07) is 8.03. The van der Waals surface area contributed by atoms with Crippen molar-refractivity contribution < 1.29 is 13.9 Å². The first-order valence-corrected chi connectivity index (χ1v) is 8.01. The van der Waals surface area contributed by atoms with Gasteiger partial charge in [0, 0.05) is 39.3 Å². The highest BCUT2D eigenvalue weighted by Gasteiger charge is 2.21. The molecule has 0 bridgehead atoms. The highest BCUT2D eigenvalue weighted by atomic mass is 19.1. The lowest BCUT2D eigenvalue weighted by atomic mass is 10.2. The topological polar surface area (TPSA) is 70.6 Å². The van der Waals surface area contributed by atoms with Gasteiger partial charge in [0.05, 0.1) is 12.8 Å². The number of anilines is 2. The smallest absolute Gasteiger partial charge is 0.271 e. The molecule has 0 aliphatic carbocycles. The minimum atomic E-state index is -0.314. The summed E-state index contributed by atoms with van der Waals surface area (Å²) >= 11 is 0. The van der Waals surface area contributed by atoms with Gasteiger partial charge in [0.1, 0.15) is 11.6 Å². The number of methoxy groups -OCH3 is 1. The summed E-state index contributed by atoms with van der Waals surface area (Å²) in [5.74, 6) is 0.694. The second-order valence-electron chi connectivity index (χ2n) is 5.65. The van der Waals surface area contributed by atoms with Gasteiger partial charge in [0.25, 0.3) is 5.91 Å². The first-order chi connectivity index (χ1) is 12.1. The van der Waals surface area contributed by atoms with Crippen molar-refractivity contribution in [2.45, 2.75) is 0 Å². The maximum absolute atomic E-state index is 13.3. The highest BCUT2D eigenvalue weighted by molar-refractivity contribution is 5.91. The van der Waals surface area contributed by atoms with E-state index < -0.39 is 0 Å². The van der Waals surface area contributed by atoms with E-state index in [0.29, 0.717) is 11.4 Å². The Morgan fingerprint density at radius 2 is 1.84 bits per heavy atom. The molecule has 132 valence electrons. The van der Waals surface area contributed by atoms with Crippen molar-refractivity contribution in [1.29, 1.82) is 0 Å². The molecule has 0 radical (unpaired) electrons.